The molecule has 0 aliphatic carbocycles. The molecule has 0 bridgehead atoms. The summed E-state index contributed by atoms with van der Waals surface area (Å²) in [6.07, 6.45) is 2.14. The molecule has 1 N–H and O–H groups in total. The highest BCUT2D eigenvalue weighted by Crippen LogP contribution is 2.30. The van der Waals surface area contributed by atoms with Crippen LogP contribution in [0.4, 0.5) is 5.69 Å². The summed E-state index contributed by atoms with van der Waals surface area (Å²) in [5.41, 5.74) is 1.04. The molecule has 1 fully saturated rings. The average Bonchev–Trinajstić information content (AvgIpc) is 3.03. The number of hydrogen-bond acceptors (Lipinski definition) is 4. The van der Waals surface area contributed by atoms with Crippen molar-refractivity contribution >= 4 is 11.7 Å². The van der Waals surface area contributed by atoms with Gasteiger partial charge in [0, 0.05) is 18.3 Å². The first-order valence-electron chi connectivity index (χ1n) is 8.06. The van der Waals surface area contributed by atoms with Gasteiger partial charge in [-0.25, -0.2) is 0 Å². The van der Waals surface area contributed by atoms with Gasteiger partial charge in [0.1, 0.15) is 17.2 Å². The molecule has 1 unspecified atom stereocenters. The van der Waals surface area contributed by atoms with E-state index < -0.39 is 5.97 Å². The molecule has 2 aromatic carbocycles. The Kier molecular flexibility index (Phi) is 4.89. The highest BCUT2D eigenvalue weighted by Gasteiger charge is 2.26. The number of aliphatic carboxylic acids is 1. The predicted molar refractivity (Wildman–Crippen MR) is 92.1 cm³/mol. The Morgan fingerprint density at radius 2 is 1.67 bits per heavy atom. The van der Waals surface area contributed by atoms with Crippen molar-refractivity contribution in [2.75, 3.05) is 18.6 Å². The fraction of sp³-hybridized carbons (Fsp3) is 0.316. The summed E-state index contributed by atoms with van der Waals surface area (Å²) in [5.74, 6) is 1.54. The van der Waals surface area contributed by atoms with E-state index in [1.54, 1.807) is 7.11 Å². The first-order chi connectivity index (χ1) is 11.7. The van der Waals surface area contributed by atoms with Gasteiger partial charge in [-0.1, -0.05) is 0 Å². The summed E-state index contributed by atoms with van der Waals surface area (Å²) in [6.45, 7) is 0.899. The number of carboxylic acids is 1. The van der Waals surface area contributed by atoms with E-state index in [1.165, 1.54) is 0 Å². The first kappa shape index (κ1) is 16.2. The van der Waals surface area contributed by atoms with Crippen molar-refractivity contribution < 1.29 is 19.4 Å². The van der Waals surface area contributed by atoms with Crippen molar-refractivity contribution in [1.82, 2.24) is 0 Å². The molecule has 1 heterocycles. The van der Waals surface area contributed by atoms with Crippen molar-refractivity contribution in [2.45, 2.75) is 25.3 Å². The second-order valence-electron chi connectivity index (χ2n) is 5.86. The van der Waals surface area contributed by atoms with E-state index in [0.717, 1.165) is 42.3 Å². The highest BCUT2D eigenvalue weighted by atomic mass is 16.5. The van der Waals surface area contributed by atoms with Crippen LogP contribution < -0.4 is 14.4 Å². The molecule has 0 aromatic heterocycles. The number of carbonyl (C=O) groups is 1. The van der Waals surface area contributed by atoms with Crippen molar-refractivity contribution in [2.24, 2.45) is 0 Å². The van der Waals surface area contributed by atoms with Crippen LogP contribution in [-0.4, -0.2) is 30.8 Å². The number of anilines is 1. The topological polar surface area (TPSA) is 59.0 Å². The lowest BCUT2D eigenvalue weighted by Crippen LogP contribution is -2.31. The molecule has 5 heteroatoms. The summed E-state index contributed by atoms with van der Waals surface area (Å²) >= 11 is 0. The van der Waals surface area contributed by atoms with Crippen molar-refractivity contribution in [3.05, 3.63) is 48.5 Å². The Morgan fingerprint density at radius 3 is 2.25 bits per heavy atom. The second kappa shape index (κ2) is 7.25. The van der Waals surface area contributed by atoms with Crippen LogP contribution in [0.2, 0.25) is 0 Å². The Balaban J connectivity index is 1.67. The van der Waals surface area contributed by atoms with Gasteiger partial charge in [-0.3, -0.25) is 4.79 Å². The third kappa shape index (κ3) is 3.79. The quantitative estimate of drug-likeness (QED) is 0.871. The van der Waals surface area contributed by atoms with Gasteiger partial charge in [-0.15, -0.1) is 0 Å². The maximum Gasteiger partial charge on any atom is 0.305 e. The van der Waals surface area contributed by atoms with Crippen LogP contribution in [0.3, 0.4) is 0 Å². The second-order valence-corrected chi connectivity index (χ2v) is 5.86. The van der Waals surface area contributed by atoms with Gasteiger partial charge in [0.05, 0.1) is 13.5 Å². The number of ether oxygens (including phenoxy) is 2. The number of carboxylic acid groups (broad SMARTS) is 1. The molecule has 1 atom stereocenters. The molecule has 0 amide bonds. The summed E-state index contributed by atoms with van der Waals surface area (Å²) in [4.78, 5) is 13.2. The largest absolute Gasteiger partial charge is 0.497 e. The Labute approximate surface area is 141 Å². The smallest absolute Gasteiger partial charge is 0.305 e. The molecule has 1 aliphatic rings. The fourth-order valence-corrected chi connectivity index (χ4v) is 3.07. The van der Waals surface area contributed by atoms with Crippen molar-refractivity contribution in [3.63, 3.8) is 0 Å². The molecule has 0 spiro atoms. The summed E-state index contributed by atoms with van der Waals surface area (Å²) < 4.78 is 10.9. The van der Waals surface area contributed by atoms with Crippen LogP contribution in [0, 0.1) is 0 Å². The fourth-order valence-electron chi connectivity index (χ4n) is 3.07. The Hall–Kier alpha value is -2.69. The van der Waals surface area contributed by atoms with Gasteiger partial charge in [0.2, 0.25) is 0 Å². The highest BCUT2D eigenvalue weighted by molar-refractivity contribution is 5.69. The van der Waals surface area contributed by atoms with E-state index in [2.05, 4.69) is 4.90 Å². The van der Waals surface area contributed by atoms with E-state index in [9.17, 15) is 4.79 Å². The maximum atomic E-state index is 11.0. The molecule has 3 rings (SSSR count). The molecule has 2 aromatic rings. The first-order valence-corrected chi connectivity index (χ1v) is 8.06. The maximum absolute atomic E-state index is 11.0. The molecular formula is C19H21NO4. The number of nitrogens with zero attached hydrogens (tertiary/aromatic N) is 1. The molecule has 1 aliphatic heterocycles. The lowest BCUT2D eigenvalue weighted by atomic mass is 10.1. The van der Waals surface area contributed by atoms with Crippen LogP contribution in [0.25, 0.3) is 0 Å². The average molecular weight is 327 g/mol. The zero-order chi connectivity index (χ0) is 16.9. The minimum atomic E-state index is -0.744. The monoisotopic (exact) mass is 327 g/mol. The summed E-state index contributed by atoms with van der Waals surface area (Å²) in [7, 11) is 1.63. The molecule has 126 valence electrons. The van der Waals surface area contributed by atoms with E-state index >= 15 is 0 Å². The van der Waals surface area contributed by atoms with Crippen LogP contribution in [0.5, 0.6) is 17.2 Å². The third-order valence-corrected chi connectivity index (χ3v) is 4.25. The lowest BCUT2D eigenvalue weighted by Gasteiger charge is -2.25. The molecule has 0 saturated carbocycles. The lowest BCUT2D eigenvalue weighted by molar-refractivity contribution is -0.137. The van der Waals surface area contributed by atoms with Gasteiger partial charge >= 0.3 is 5.97 Å². The molecule has 1 saturated heterocycles. The van der Waals surface area contributed by atoms with Crippen molar-refractivity contribution in [1.29, 1.82) is 0 Å². The standard InChI is InChI=1S/C19H21NO4/c1-23-16-8-10-18(11-9-16)24-17-6-4-14(5-7-17)20-12-2-3-15(20)13-19(21)22/h4-11,15H,2-3,12-13H2,1H3,(H,21,22). The Bertz CT molecular complexity index is 682. The van der Waals surface area contributed by atoms with Gasteiger partial charge in [0.15, 0.2) is 0 Å². The molecule has 5 nitrogen and oxygen atoms in total. The molecule has 24 heavy (non-hydrogen) atoms. The Morgan fingerprint density at radius 1 is 1.08 bits per heavy atom. The summed E-state index contributed by atoms with van der Waals surface area (Å²) in [6, 6.07) is 15.3. The van der Waals surface area contributed by atoms with Gasteiger partial charge in [0.25, 0.3) is 0 Å². The van der Waals surface area contributed by atoms with Gasteiger partial charge < -0.3 is 19.5 Å². The van der Waals surface area contributed by atoms with Crippen molar-refractivity contribution in [3.8, 4) is 17.2 Å². The normalized spacial score (nSPS) is 16.9. The molecular weight excluding hydrogens is 306 g/mol. The number of methoxy groups -OCH3 is 1. The van der Waals surface area contributed by atoms with E-state index in [1.807, 2.05) is 48.5 Å². The van der Waals surface area contributed by atoms with Gasteiger partial charge in [-0.2, -0.15) is 0 Å². The van der Waals surface area contributed by atoms with E-state index in [4.69, 9.17) is 14.6 Å². The van der Waals surface area contributed by atoms with Crippen LogP contribution in [-0.2, 0) is 4.79 Å². The predicted octanol–water partition coefficient (Wildman–Crippen LogP) is 3.93. The van der Waals surface area contributed by atoms with Crippen LogP contribution in [0.15, 0.2) is 48.5 Å². The SMILES string of the molecule is COc1ccc(Oc2ccc(N3CCCC3CC(=O)O)cc2)cc1. The summed E-state index contributed by atoms with van der Waals surface area (Å²) in [5, 5.41) is 9.03. The number of hydrogen-bond donors (Lipinski definition) is 1. The number of benzene rings is 2. The number of rotatable bonds is 6. The van der Waals surface area contributed by atoms with Crippen LogP contribution >= 0.6 is 0 Å². The van der Waals surface area contributed by atoms with E-state index in [0.29, 0.717) is 0 Å². The molecule has 0 radical (unpaired) electrons. The minimum absolute atomic E-state index is 0.0795. The minimum Gasteiger partial charge on any atom is -0.497 e. The van der Waals surface area contributed by atoms with Crippen LogP contribution in [0.1, 0.15) is 19.3 Å². The third-order valence-electron chi connectivity index (χ3n) is 4.25. The zero-order valence-corrected chi connectivity index (χ0v) is 13.6. The van der Waals surface area contributed by atoms with E-state index in [-0.39, 0.29) is 12.5 Å². The zero-order valence-electron chi connectivity index (χ0n) is 13.6. The van der Waals surface area contributed by atoms with Gasteiger partial charge in [-0.05, 0) is 61.4 Å².